The van der Waals surface area contributed by atoms with E-state index in [4.69, 9.17) is 4.74 Å². The van der Waals surface area contributed by atoms with E-state index in [9.17, 15) is 22.8 Å². The number of morpholine rings is 1. The number of thioether (sulfide) groups is 1. The van der Waals surface area contributed by atoms with Crippen molar-refractivity contribution in [3.8, 4) is 0 Å². The molecule has 176 valence electrons. The summed E-state index contributed by atoms with van der Waals surface area (Å²) in [4.78, 5) is 45.2. The van der Waals surface area contributed by atoms with Gasteiger partial charge in [-0.25, -0.2) is 8.42 Å². The molecule has 4 rings (SSSR count). The number of amides is 3. The molecule has 1 aromatic heterocycles. The van der Waals surface area contributed by atoms with E-state index in [1.165, 1.54) is 26.4 Å². The van der Waals surface area contributed by atoms with Crippen LogP contribution in [0, 0.1) is 0 Å². The molecule has 0 bridgehead atoms. The molecule has 1 aromatic rings. The van der Waals surface area contributed by atoms with Gasteiger partial charge in [-0.3, -0.25) is 14.4 Å². The second-order valence-corrected chi connectivity index (χ2v) is 10.9. The van der Waals surface area contributed by atoms with Gasteiger partial charge >= 0.3 is 11.8 Å². The fourth-order valence-corrected chi connectivity index (χ4v) is 6.47. The van der Waals surface area contributed by atoms with Crippen molar-refractivity contribution in [1.82, 2.24) is 24.0 Å². The van der Waals surface area contributed by atoms with Crippen LogP contribution < -0.4 is 0 Å². The number of aromatic nitrogens is 1. The van der Waals surface area contributed by atoms with Crippen molar-refractivity contribution in [2.75, 3.05) is 77.1 Å². The molecule has 0 aliphatic carbocycles. The number of carbonyl (C=O) groups is 3. The Morgan fingerprint density at radius 3 is 2.03 bits per heavy atom. The first kappa shape index (κ1) is 23.1. The van der Waals surface area contributed by atoms with Crippen molar-refractivity contribution in [2.45, 2.75) is 4.90 Å². The zero-order valence-electron chi connectivity index (χ0n) is 17.7. The molecule has 4 heterocycles. The number of H-pyrrole nitrogens is 1. The SMILES string of the molecule is O=C(C(=O)N1CCN(C(=O)c2cc(S(=O)(=O)N3CCSCC3)c[nH]2)CC1)N1CCOCC1. The Kier molecular flexibility index (Phi) is 7.08. The average molecular weight is 486 g/mol. The Bertz CT molecular complexity index is 961. The van der Waals surface area contributed by atoms with Gasteiger partial charge in [0.1, 0.15) is 10.6 Å². The Hall–Kier alpha value is -2.09. The zero-order chi connectivity index (χ0) is 22.7. The molecular weight excluding hydrogens is 458 g/mol. The van der Waals surface area contributed by atoms with E-state index < -0.39 is 21.8 Å². The maximum absolute atomic E-state index is 12.9. The molecule has 1 N–H and O–H groups in total. The predicted octanol–water partition coefficient (Wildman–Crippen LogP) is -1.10. The summed E-state index contributed by atoms with van der Waals surface area (Å²) >= 11 is 1.72. The van der Waals surface area contributed by atoms with E-state index in [-0.39, 0.29) is 42.7 Å². The van der Waals surface area contributed by atoms with Crippen LogP contribution in [0.5, 0.6) is 0 Å². The molecule has 0 aromatic carbocycles. The van der Waals surface area contributed by atoms with E-state index in [1.54, 1.807) is 16.7 Å². The van der Waals surface area contributed by atoms with Crippen LogP contribution >= 0.6 is 11.8 Å². The summed E-state index contributed by atoms with van der Waals surface area (Å²) in [7, 11) is -3.63. The molecule has 3 aliphatic heterocycles. The summed E-state index contributed by atoms with van der Waals surface area (Å²) in [5, 5.41) is 0. The van der Waals surface area contributed by atoms with Gasteiger partial charge in [0.15, 0.2) is 0 Å². The first-order valence-electron chi connectivity index (χ1n) is 10.6. The fourth-order valence-electron chi connectivity index (χ4n) is 3.90. The lowest BCUT2D eigenvalue weighted by Gasteiger charge is -2.35. The van der Waals surface area contributed by atoms with Gasteiger partial charge in [0.2, 0.25) is 10.0 Å². The smallest absolute Gasteiger partial charge is 0.312 e. The van der Waals surface area contributed by atoms with Gasteiger partial charge in [0.05, 0.1) is 13.2 Å². The largest absolute Gasteiger partial charge is 0.378 e. The molecule has 0 unspecified atom stereocenters. The Balaban J connectivity index is 1.34. The lowest BCUT2D eigenvalue weighted by molar-refractivity contribution is -0.154. The normalized spacial score (nSPS) is 20.9. The van der Waals surface area contributed by atoms with E-state index in [1.807, 2.05) is 0 Å². The van der Waals surface area contributed by atoms with Gasteiger partial charge < -0.3 is 24.4 Å². The van der Waals surface area contributed by atoms with E-state index in [2.05, 4.69) is 4.98 Å². The topological polar surface area (TPSA) is 123 Å². The minimum absolute atomic E-state index is 0.0812. The molecule has 3 fully saturated rings. The fraction of sp³-hybridized carbons (Fsp3) is 0.632. The van der Waals surface area contributed by atoms with Gasteiger partial charge in [-0.1, -0.05) is 0 Å². The number of hydrogen-bond acceptors (Lipinski definition) is 7. The summed E-state index contributed by atoms with van der Waals surface area (Å²) < 4.78 is 32.2. The van der Waals surface area contributed by atoms with Crippen molar-refractivity contribution in [3.05, 3.63) is 18.0 Å². The van der Waals surface area contributed by atoms with Crippen molar-refractivity contribution in [3.63, 3.8) is 0 Å². The third-order valence-corrected chi connectivity index (χ3v) is 8.65. The lowest BCUT2D eigenvalue weighted by atomic mass is 10.2. The van der Waals surface area contributed by atoms with Crippen LogP contribution in [-0.2, 0) is 24.3 Å². The standard InChI is InChI=1S/C19H27N5O6S2/c25-17(16-13-15(14-20-16)32(28,29)24-7-11-31-12-8-24)21-1-3-22(4-2-21)18(26)19(27)23-5-9-30-10-6-23/h13-14,20H,1-12H2. The highest BCUT2D eigenvalue weighted by Gasteiger charge is 2.33. The molecule has 0 radical (unpaired) electrons. The van der Waals surface area contributed by atoms with Crippen LogP contribution in [0.15, 0.2) is 17.2 Å². The molecule has 11 nitrogen and oxygen atoms in total. The second-order valence-electron chi connectivity index (χ2n) is 7.75. The van der Waals surface area contributed by atoms with E-state index in [0.29, 0.717) is 39.4 Å². The van der Waals surface area contributed by atoms with E-state index >= 15 is 0 Å². The molecule has 13 heteroatoms. The van der Waals surface area contributed by atoms with Crippen LogP contribution in [-0.4, -0.2) is 127 Å². The third kappa shape index (κ3) is 4.80. The van der Waals surface area contributed by atoms with Gasteiger partial charge in [-0.2, -0.15) is 16.1 Å². The van der Waals surface area contributed by atoms with Gasteiger partial charge in [0, 0.05) is 70.1 Å². The van der Waals surface area contributed by atoms with Gasteiger partial charge in [-0.15, -0.1) is 0 Å². The summed E-state index contributed by atoms with van der Waals surface area (Å²) in [6.45, 7) is 3.60. The number of carbonyl (C=O) groups excluding carboxylic acids is 3. The highest BCUT2D eigenvalue weighted by Crippen LogP contribution is 2.21. The van der Waals surface area contributed by atoms with Crippen molar-refractivity contribution >= 4 is 39.5 Å². The summed E-state index contributed by atoms with van der Waals surface area (Å²) in [5.41, 5.74) is 0.194. The molecule has 3 saturated heterocycles. The summed E-state index contributed by atoms with van der Waals surface area (Å²) in [6, 6.07) is 1.37. The Morgan fingerprint density at radius 2 is 1.41 bits per heavy atom. The molecule has 0 spiro atoms. The third-order valence-electron chi connectivity index (χ3n) is 5.83. The number of nitrogens with one attached hydrogen (secondary N) is 1. The van der Waals surface area contributed by atoms with Crippen LogP contribution in [0.4, 0.5) is 0 Å². The number of piperazine rings is 1. The van der Waals surface area contributed by atoms with Crippen LogP contribution in [0.2, 0.25) is 0 Å². The number of hydrogen-bond donors (Lipinski definition) is 1. The predicted molar refractivity (Wildman–Crippen MR) is 117 cm³/mol. The monoisotopic (exact) mass is 485 g/mol. The number of ether oxygens (including phenoxy) is 1. The highest BCUT2D eigenvalue weighted by atomic mass is 32.2. The summed E-state index contributed by atoms with van der Waals surface area (Å²) in [5.74, 6) is 0.0847. The quantitative estimate of drug-likeness (QED) is 0.539. The minimum atomic E-state index is -3.63. The number of rotatable bonds is 3. The lowest BCUT2D eigenvalue weighted by Crippen LogP contribution is -2.55. The van der Waals surface area contributed by atoms with Crippen LogP contribution in [0.1, 0.15) is 10.5 Å². The van der Waals surface area contributed by atoms with Crippen molar-refractivity contribution in [2.24, 2.45) is 0 Å². The first-order chi connectivity index (χ1) is 15.4. The Morgan fingerprint density at radius 1 is 0.844 bits per heavy atom. The maximum atomic E-state index is 12.9. The number of nitrogens with zero attached hydrogens (tertiary/aromatic N) is 4. The van der Waals surface area contributed by atoms with E-state index in [0.717, 1.165) is 11.5 Å². The highest BCUT2D eigenvalue weighted by molar-refractivity contribution is 7.99. The zero-order valence-corrected chi connectivity index (χ0v) is 19.3. The molecule has 0 atom stereocenters. The molecule has 0 saturated carbocycles. The van der Waals surface area contributed by atoms with Crippen LogP contribution in [0.3, 0.4) is 0 Å². The maximum Gasteiger partial charge on any atom is 0.312 e. The number of sulfonamides is 1. The van der Waals surface area contributed by atoms with Gasteiger partial charge in [-0.05, 0) is 6.07 Å². The summed E-state index contributed by atoms with van der Waals surface area (Å²) in [6.07, 6.45) is 1.35. The van der Waals surface area contributed by atoms with Gasteiger partial charge in [0.25, 0.3) is 5.91 Å². The molecule has 32 heavy (non-hydrogen) atoms. The molecule has 3 aliphatic rings. The second kappa shape index (κ2) is 9.81. The van der Waals surface area contributed by atoms with Crippen LogP contribution in [0.25, 0.3) is 0 Å². The average Bonchev–Trinajstić information content (AvgIpc) is 3.35. The number of aromatic amines is 1. The Labute approximate surface area is 191 Å². The van der Waals surface area contributed by atoms with Crippen molar-refractivity contribution < 1.29 is 27.5 Å². The molecular formula is C19H27N5O6S2. The van der Waals surface area contributed by atoms with Crippen molar-refractivity contribution in [1.29, 1.82) is 0 Å². The molecule has 3 amide bonds. The first-order valence-corrected chi connectivity index (χ1v) is 13.2. The minimum Gasteiger partial charge on any atom is -0.378 e.